The van der Waals surface area contributed by atoms with Crippen molar-refractivity contribution in [2.45, 2.75) is 18.4 Å². The Morgan fingerprint density at radius 2 is 1.67 bits per heavy atom. The van der Waals surface area contributed by atoms with Gasteiger partial charge in [-0.05, 0) is 42.8 Å². The Morgan fingerprint density at radius 3 is 2.25 bits per heavy atom. The maximum absolute atomic E-state index is 12.8. The summed E-state index contributed by atoms with van der Waals surface area (Å²) >= 11 is 3.33. The van der Waals surface area contributed by atoms with Gasteiger partial charge in [0.15, 0.2) is 0 Å². The van der Waals surface area contributed by atoms with E-state index in [1.165, 1.54) is 16.7 Å². The summed E-state index contributed by atoms with van der Waals surface area (Å²) < 4.78 is 39.7. The fourth-order valence-corrected chi connectivity index (χ4v) is 3.43. The van der Waals surface area contributed by atoms with Gasteiger partial charge in [-0.15, -0.1) is 0 Å². The van der Waals surface area contributed by atoms with Gasteiger partial charge in [-0.2, -0.15) is 13.2 Å². The summed E-state index contributed by atoms with van der Waals surface area (Å²) in [4.78, 5) is 12.8. The minimum Gasteiger partial charge on any atom is -0.277 e. The molecule has 0 saturated heterocycles. The van der Waals surface area contributed by atoms with Crippen molar-refractivity contribution in [3.8, 4) is 5.69 Å². The summed E-state index contributed by atoms with van der Waals surface area (Å²) in [6, 6.07) is 12.0. The zero-order valence-corrected chi connectivity index (χ0v) is 14.3. The van der Waals surface area contributed by atoms with Gasteiger partial charge in [0.25, 0.3) is 5.56 Å². The number of fused-ring (bicyclic) bond motifs is 1. The van der Waals surface area contributed by atoms with E-state index in [-0.39, 0.29) is 5.56 Å². The van der Waals surface area contributed by atoms with E-state index >= 15 is 0 Å². The number of rotatable bonds is 2. The maximum atomic E-state index is 12.8. The zero-order chi connectivity index (χ0) is 17.5. The van der Waals surface area contributed by atoms with Crippen molar-refractivity contribution >= 4 is 26.8 Å². The van der Waals surface area contributed by atoms with E-state index < -0.39 is 11.7 Å². The SMILES string of the molecule is Cc1c(CBr)c(=O)n(-c2ccc(C(F)(F)F)cc2)c2ccccc12. The number of para-hydroxylation sites is 1. The van der Waals surface area contributed by atoms with Crippen molar-refractivity contribution in [3.05, 3.63) is 75.6 Å². The highest BCUT2D eigenvalue weighted by Crippen LogP contribution is 2.30. The summed E-state index contributed by atoms with van der Waals surface area (Å²) in [5, 5.41) is 1.27. The molecule has 1 heterocycles. The molecule has 0 atom stereocenters. The van der Waals surface area contributed by atoms with Gasteiger partial charge in [-0.25, -0.2) is 0 Å². The van der Waals surface area contributed by atoms with Gasteiger partial charge in [0.1, 0.15) is 0 Å². The molecule has 1 aromatic heterocycles. The predicted octanol–water partition coefficient (Wildman–Crippen LogP) is 5.21. The Bertz CT molecular complexity index is 959. The fourth-order valence-electron chi connectivity index (χ4n) is 2.77. The van der Waals surface area contributed by atoms with Gasteiger partial charge in [0.2, 0.25) is 0 Å². The maximum Gasteiger partial charge on any atom is 0.416 e. The molecule has 0 fully saturated rings. The number of alkyl halides is 4. The monoisotopic (exact) mass is 395 g/mol. The number of hydrogen-bond donors (Lipinski definition) is 0. The van der Waals surface area contributed by atoms with Gasteiger partial charge in [-0.1, -0.05) is 34.1 Å². The molecule has 6 heteroatoms. The van der Waals surface area contributed by atoms with Crippen LogP contribution >= 0.6 is 15.9 Å². The van der Waals surface area contributed by atoms with E-state index in [1.54, 1.807) is 12.1 Å². The molecule has 0 amide bonds. The number of aryl methyl sites for hydroxylation is 1. The van der Waals surface area contributed by atoms with Crippen LogP contribution in [0.3, 0.4) is 0 Å². The fraction of sp³-hybridized carbons (Fsp3) is 0.167. The number of hydrogen-bond acceptors (Lipinski definition) is 1. The molecule has 0 aliphatic rings. The molecule has 3 rings (SSSR count). The Kier molecular flexibility index (Phi) is 4.25. The van der Waals surface area contributed by atoms with Crippen molar-refractivity contribution in [2.24, 2.45) is 0 Å². The molecule has 0 aliphatic heterocycles. The summed E-state index contributed by atoms with van der Waals surface area (Å²) in [6.07, 6.45) is -4.40. The van der Waals surface area contributed by atoms with Gasteiger partial charge in [0, 0.05) is 22.0 Å². The van der Waals surface area contributed by atoms with E-state index in [1.807, 2.05) is 19.1 Å². The van der Waals surface area contributed by atoms with E-state index in [2.05, 4.69) is 15.9 Å². The molecule has 0 radical (unpaired) electrons. The zero-order valence-electron chi connectivity index (χ0n) is 12.7. The van der Waals surface area contributed by atoms with Crippen LogP contribution in [0.4, 0.5) is 13.2 Å². The average Bonchev–Trinajstić information content (AvgIpc) is 2.55. The van der Waals surface area contributed by atoms with Crippen LogP contribution in [-0.2, 0) is 11.5 Å². The smallest absolute Gasteiger partial charge is 0.277 e. The van der Waals surface area contributed by atoms with Crippen LogP contribution in [0, 0.1) is 6.92 Å². The minimum atomic E-state index is -4.40. The van der Waals surface area contributed by atoms with Crippen molar-refractivity contribution in [3.63, 3.8) is 0 Å². The van der Waals surface area contributed by atoms with Crippen LogP contribution in [0.15, 0.2) is 53.3 Å². The normalized spacial score (nSPS) is 11.9. The lowest BCUT2D eigenvalue weighted by molar-refractivity contribution is -0.137. The van der Waals surface area contributed by atoms with Crippen molar-refractivity contribution in [1.29, 1.82) is 0 Å². The molecule has 124 valence electrons. The Hall–Kier alpha value is -2.08. The quantitative estimate of drug-likeness (QED) is 0.545. The molecule has 0 bridgehead atoms. The summed E-state index contributed by atoms with van der Waals surface area (Å²) in [5.74, 6) is 0. The highest BCUT2D eigenvalue weighted by Gasteiger charge is 2.30. The second-order valence-electron chi connectivity index (χ2n) is 5.44. The molecule has 2 aromatic carbocycles. The second-order valence-corrected chi connectivity index (χ2v) is 6.00. The van der Waals surface area contributed by atoms with Crippen LogP contribution in [0.1, 0.15) is 16.7 Å². The third-order valence-electron chi connectivity index (χ3n) is 4.05. The van der Waals surface area contributed by atoms with E-state index in [9.17, 15) is 18.0 Å². The average molecular weight is 396 g/mol. The molecule has 3 aromatic rings. The molecule has 0 saturated carbocycles. The van der Waals surface area contributed by atoms with Crippen LogP contribution < -0.4 is 5.56 Å². The first-order chi connectivity index (χ1) is 11.3. The van der Waals surface area contributed by atoms with E-state index in [0.29, 0.717) is 22.1 Å². The van der Waals surface area contributed by atoms with Gasteiger partial charge < -0.3 is 0 Å². The van der Waals surface area contributed by atoms with E-state index in [4.69, 9.17) is 0 Å². The Morgan fingerprint density at radius 1 is 1.04 bits per heavy atom. The lowest BCUT2D eigenvalue weighted by atomic mass is 10.0. The van der Waals surface area contributed by atoms with Gasteiger partial charge in [0.05, 0.1) is 11.1 Å². The van der Waals surface area contributed by atoms with Crippen molar-refractivity contribution < 1.29 is 13.2 Å². The first-order valence-corrected chi connectivity index (χ1v) is 8.33. The first kappa shape index (κ1) is 16.8. The van der Waals surface area contributed by atoms with Gasteiger partial charge in [-0.3, -0.25) is 9.36 Å². The molecule has 0 aliphatic carbocycles. The van der Waals surface area contributed by atoms with Gasteiger partial charge >= 0.3 is 6.18 Å². The van der Waals surface area contributed by atoms with E-state index in [0.717, 1.165) is 23.1 Å². The van der Waals surface area contributed by atoms with Crippen LogP contribution in [-0.4, -0.2) is 4.57 Å². The summed E-state index contributed by atoms with van der Waals surface area (Å²) in [6.45, 7) is 1.87. The first-order valence-electron chi connectivity index (χ1n) is 7.21. The molecule has 0 unspecified atom stereocenters. The topological polar surface area (TPSA) is 22.0 Å². The molecule has 24 heavy (non-hydrogen) atoms. The molecular weight excluding hydrogens is 383 g/mol. The number of halogens is 4. The summed E-state index contributed by atoms with van der Waals surface area (Å²) in [5.41, 5.74) is 1.57. The number of aromatic nitrogens is 1. The number of benzene rings is 2. The lowest BCUT2D eigenvalue weighted by Gasteiger charge is -2.16. The van der Waals surface area contributed by atoms with Crippen LogP contribution in [0.2, 0.25) is 0 Å². The second kappa shape index (κ2) is 6.09. The standard InChI is InChI=1S/C18H13BrF3NO/c1-11-14-4-2-3-5-16(14)23(17(24)15(11)10-19)13-8-6-12(7-9-13)18(20,21)22/h2-9H,10H2,1H3. The third kappa shape index (κ3) is 2.75. The van der Waals surface area contributed by atoms with Crippen LogP contribution in [0.5, 0.6) is 0 Å². The van der Waals surface area contributed by atoms with Crippen molar-refractivity contribution in [2.75, 3.05) is 0 Å². The third-order valence-corrected chi connectivity index (χ3v) is 4.61. The van der Waals surface area contributed by atoms with Crippen molar-refractivity contribution in [1.82, 2.24) is 4.57 Å². The lowest BCUT2D eigenvalue weighted by Crippen LogP contribution is -2.23. The molecule has 0 N–H and O–H groups in total. The summed E-state index contributed by atoms with van der Waals surface area (Å²) in [7, 11) is 0. The number of nitrogens with zero attached hydrogens (tertiary/aromatic N) is 1. The Labute approximate surface area is 144 Å². The molecule has 0 spiro atoms. The predicted molar refractivity (Wildman–Crippen MR) is 91.9 cm³/mol. The Balaban J connectivity index is 2.32. The molecule has 2 nitrogen and oxygen atoms in total. The van der Waals surface area contributed by atoms with Crippen LogP contribution in [0.25, 0.3) is 16.6 Å². The minimum absolute atomic E-state index is 0.233. The highest BCUT2D eigenvalue weighted by molar-refractivity contribution is 9.08. The number of pyridine rings is 1. The highest BCUT2D eigenvalue weighted by atomic mass is 79.9. The largest absolute Gasteiger partial charge is 0.416 e. The molecular formula is C18H13BrF3NO.